The molecule has 2 fully saturated rings. The summed E-state index contributed by atoms with van der Waals surface area (Å²) in [5.74, 6) is 1.19. The van der Waals surface area contributed by atoms with E-state index < -0.39 is 0 Å². The first kappa shape index (κ1) is 20.4. The summed E-state index contributed by atoms with van der Waals surface area (Å²) in [5.41, 5.74) is 0.403. The van der Waals surface area contributed by atoms with Crippen LogP contribution in [-0.4, -0.2) is 45.8 Å². The van der Waals surface area contributed by atoms with Gasteiger partial charge in [0.1, 0.15) is 5.69 Å². The number of aromatic nitrogens is 2. The lowest BCUT2D eigenvalue weighted by molar-refractivity contribution is -0.131. The largest absolute Gasteiger partial charge is 0.347 e. The third-order valence-corrected chi connectivity index (χ3v) is 8.76. The van der Waals surface area contributed by atoms with Crippen molar-refractivity contribution in [3.8, 4) is 0 Å². The van der Waals surface area contributed by atoms with Gasteiger partial charge in [-0.3, -0.25) is 14.6 Å². The molecule has 31 heavy (non-hydrogen) atoms. The minimum atomic E-state index is -0.120. The van der Waals surface area contributed by atoms with Gasteiger partial charge in [-0.2, -0.15) is 0 Å². The molecule has 2 bridgehead atoms. The molecule has 3 aliphatic carbocycles. The maximum Gasteiger partial charge on any atom is 0.271 e. The van der Waals surface area contributed by atoms with Crippen molar-refractivity contribution in [2.24, 2.45) is 22.7 Å². The maximum atomic E-state index is 12.8. The molecule has 1 aromatic rings. The van der Waals surface area contributed by atoms with E-state index in [4.69, 9.17) is 0 Å². The smallest absolute Gasteiger partial charge is 0.271 e. The fourth-order valence-corrected chi connectivity index (χ4v) is 7.12. The molecule has 0 saturated heterocycles. The molecule has 1 N–H and O–H groups in total. The number of allylic oxidation sites excluding steroid dienone is 1. The van der Waals surface area contributed by atoms with E-state index in [0.717, 1.165) is 44.9 Å². The van der Waals surface area contributed by atoms with E-state index in [1.165, 1.54) is 6.20 Å². The van der Waals surface area contributed by atoms with Gasteiger partial charge in [-0.05, 0) is 62.2 Å². The number of carbonyl (C=O) groups excluding carboxylic acids is 2. The molecule has 1 spiro atoms. The van der Waals surface area contributed by atoms with E-state index in [1.54, 1.807) is 18.5 Å². The Labute approximate surface area is 184 Å². The number of fused-ring (bicyclic) bond motifs is 3. The Morgan fingerprint density at radius 2 is 2.06 bits per heavy atom. The minimum absolute atomic E-state index is 0.0439. The van der Waals surface area contributed by atoms with Crippen molar-refractivity contribution in [3.05, 3.63) is 48.6 Å². The first-order valence-electron chi connectivity index (χ1n) is 11.6. The topological polar surface area (TPSA) is 75.2 Å². The van der Waals surface area contributed by atoms with Crippen LogP contribution in [0, 0.1) is 22.7 Å². The number of amides is 2. The highest BCUT2D eigenvalue weighted by molar-refractivity contribution is 5.92. The quantitative estimate of drug-likeness (QED) is 0.743. The van der Waals surface area contributed by atoms with Gasteiger partial charge in [0.05, 0.1) is 6.20 Å². The van der Waals surface area contributed by atoms with Gasteiger partial charge in [0.15, 0.2) is 0 Å². The van der Waals surface area contributed by atoms with E-state index in [2.05, 4.69) is 40.4 Å². The van der Waals surface area contributed by atoms with Crippen molar-refractivity contribution < 1.29 is 9.59 Å². The van der Waals surface area contributed by atoms with Gasteiger partial charge in [0.25, 0.3) is 5.91 Å². The highest BCUT2D eigenvalue weighted by atomic mass is 16.2. The number of likely N-dealkylation sites (N-methyl/N-ethyl adjacent to an activating group) is 1. The summed E-state index contributed by atoms with van der Waals surface area (Å²) in [6.45, 7) is 2.39. The molecule has 164 valence electrons. The van der Waals surface area contributed by atoms with E-state index in [0.29, 0.717) is 17.5 Å². The van der Waals surface area contributed by atoms with Crippen LogP contribution in [0.4, 0.5) is 0 Å². The molecule has 4 aliphatic rings. The molecule has 6 atom stereocenters. The summed E-state index contributed by atoms with van der Waals surface area (Å²) in [4.78, 5) is 35.3. The van der Waals surface area contributed by atoms with E-state index >= 15 is 0 Å². The number of nitrogens with zero attached hydrogens (tertiary/aromatic N) is 3. The zero-order valence-electron chi connectivity index (χ0n) is 18.5. The molecule has 2 amide bonds. The van der Waals surface area contributed by atoms with Crippen LogP contribution in [0.15, 0.2) is 42.9 Å². The van der Waals surface area contributed by atoms with Crippen molar-refractivity contribution in [3.63, 3.8) is 0 Å². The second-order valence-electron chi connectivity index (χ2n) is 10.2. The summed E-state index contributed by atoms with van der Waals surface area (Å²) in [6.07, 6.45) is 20.9. The summed E-state index contributed by atoms with van der Waals surface area (Å²) in [7, 11) is 1.96. The van der Waals surface area contributed by atoms with Crippen LogP contribution in [0.2, 0.25) is 0 Å². The summed E-state index contributed by atoms with van der Waals surface area (Å²) < 4.78 is 0. The first-order chi connectivity index (χ1) is 14.9. The molecule has 5 rings (SSSR count). The lowest BCUT2D eigenvalue weighted by atomic mass is 9.58. The van der Waals surface area contributed by atoms with Gasteiger partial charge in [-0.1, -0.05) is 25.2 Å². The number of nitrogens with one attached hydrogen (secondary N) is 1. The molecule has 1 aromatic heterocycles. The monoisotopic (exact) mass is 420 g/mol. The van der Waals surface area contributed by atoms with Gasteiger partial charge in [0.2, 0.25) is 5.91 Å². The van der Waals surface area contributed by atoms with Crippen LogP contribution >= 0.6 is 0 Å². The number of hydrogen-bond donors (Lipinski definition) is 1. The average molecular weight is 421 g/mol. The second kappa shape index (κ2) is 7.57. The van der Waals surface area contributed by atoms with Crippen LogP contribution in [0.3, 0.4) is 0 Å². The standard InChI is InChI=1S/C25H32N4O2/c1-24-10-3-4-11-25-12-9-22(30)29(2)21(25)8-5-17(15-25)18(24)6-7-20(24)28-23(31)19-16-26-13-14-27-19/h4,9,11-14,16-18,20-21H,3,5-8,10,15H2,1-2H3,(H,28,31)/b11-4+/t17-,18+,20+,21-,24+,25-/m1/s1. The van der Waals surface area contributed by atoms with Gasteiger partial charge >= 0.3 is 0 Å². The number of hydrogen-bond acceptors (Lipinski definition) is 4. The SMILES string of the molecule is CN1C(=O)C=C[C@@]23/C=C/CC[C@]4(C)[C@@H](NC(=O)c5cnccn5)CC[C@H]4[C@H](CC[C@@H]12)C3. The molecular formula is C25H32N4O2. The predicted octanol–water partition coefficient (Wildman–Crippen LogP) is 3.52. The van der Waals surface area contributed by atoms with Crippen molar-refractivity contribution in [1.29, 1.82) is 0 Å². The van der Waals surface area contributed by atoms with Crippen molar-refractivity contribution in [1.82, 2.24) is 20.2 Å². The molecule has 0 aromatic carbocycles. The van der Waals surface area contributed by atoms with Crippen molar-refractivity contribution in [2.75, 3.05) is 7.05 Å². The minimum Gasteiger partial charge on any atom is -0.347 e. The van der Waals surface area contributed by atoms with Gasteiger partial charge < -0.3 is 10.2 Å². The Morgan fingerprint density at radius 1 is 1.19 bits per heavy atom. The highest BCUT2D eigenvalue weighted by Crippen LogP contribution is 2.58. The molecule has 0 radical (unpaired) electrons. The lowest BCUT2D eigenvalue weighted by Gasteiger charge is -2.52. The molecular weight excluding hydrogens is 388 g/mol. The van der Waals surface area contributed by atoms with Gasteiger partial charge in [-0.25, -0.2) is 4.98 Å². The Hall–Kier alpha value is -2.50. The van der Waals surface area contributed by atoms with Crippen LogP contribution < -0.4 is 5.32 Å². The normalized spacial score (nSPS) is 40.2. The molecule has 6 nitrogen and oxygen atoms in total. The maximum absolute atomic E-state index is 12.8. The molecule has 2 heterocycles. The van der Waals surface area contributed by atoms with Crippen LogP contribution in [0.5, 0.6) is 0 Å². The van der Waals surface area contributed by atoms with Crippen LogP contribution in [-0.2, 0) is 4.79 Å². The molecule has 2 saturated carbocycles. The molecule has 1 aliphatic heterocycles. The number of rotatable bonds is 2. The Kier molecular flexibility index (Phi) is 4.98. The lowest BCUT2D eigenvalue weighted by Crippen LogP contribution is -2.54. The zero-order valence-corrected chi connectivity index (χ0v) is 18.5. The second-order valence-corrected chi connectivity index (χ2v) is 10.2. The molecule has 6 heteroatoms. The summed E-state index contributed by atoms with van der Waals surface area (Å²) in [5, 5.41) is 3.31. The third-order valence-electron chi connectivity index (χ3n) is 8.76. The van der Waals surface area contributed by atoms with Gasteiger partial charge in [0, 0.05) is 43.0 Å². The molecule has 0 unspecified atom stereocenters. The van der Waals surface area contributed by atoms with E-state index in [1.807, 2.05) is 11.9 Å². The fraction of sp³-hybridized carbons (Fsp3) is 0.600. The van der Waals surface area contributed by atoms with Crippen LogP contribution in [0.25, 0.3) is 0 Å². The average Bonchev–Trinajstić information content (AvgIpc) is 3.11. The van der Waals surface area contributed by atoms with Crippen LogP contribution in [0.1, 0.15) is 62.4 Å². The Bertz CT molecular complexity index is 929. The third kappa shape index (κ3) is 3.31. The Morgan fingerprint density at radius 3 is 2.87 bits per heavy atom. The zero-order chi connectivity index (χ0) is 21.6. The summed E-state index contributed by atoms with van der Waals surface area (Å²) >= 11 is 0. The highest BCUT2D eigenvalue weighted by Gasteiger charge is 2.54. The Balaban J connectivity index is 1.41. The van der Waals surface area contributed by atoms with E-state index in [-0.39, 0.29) is 34.7 Å². The fourth-order valence-electron chi connectivity index (χ4n) is 7.12. The predicted molar refractivity (Wildman–Crippen MR) is 118 cm³/mol. The van der Waals surface area contributed by atoms with Crippen molar-refractivity contribution >= 4 is 11.8 Å². The van der Waals surface area contributed by atoms with Gasteiger partial charge in [-0.15, -0.1) is 0 Å². The first-order valence-corrected chi connectivity index (χ1v) is 11.6. The number of carbonyl (C=O) groups is 2. The summed E-state index contributed by atoms with van der Waals surface area (Å²) in [6, 6.07) is 0.411. The van der Waals surface area contributed by atoms with E-state index in [9.17, 15) is 9.59 Å². The van der Waals surface area contributed by atoms with Crippen molar-refractivity contribution in [2.45, 2.75) is 64.0 Å².